The van der Waals surface area contributed by atoms with Gasteiger partial charge in [-0.3, -0.25) is 10.1 Å². The first kappa shape index (κ1) is 19.6. The SMILES string of the molecule is Cc1cccc(Nc2nnc(S[C@@H](C)C(=O)NC(=O)NC3CCCC3)s2)c1. The molecule has 1 saturated carbocycles. The molecule has 0 spiro atoms. The summed E-state index contributed by atoms with van der Waals surface area (Å²) in [6.07, 6.45) is 4.21. The van der Waals surface area contributed by atoms with Crippen molar-refractivity contribution in [3.05, 3.63) is 29.8 Å². The summed E-state index contributed by atoms with van der Waals surface area (Å²) >= 11 is 2.66. The molecule has 27 heavy (non-hydrogen) atoms. The predicted octanol–water partition coefficient (Wildman–Crippen LogP) is 3.84. The van der Waals surface area contributed by atoms with Crippen LogP contribution >= 0.6 is 23.1 Å². The van der Waals surface area contributed by atoms with E-state index in [-0.39, 0.29) is 11.9 Å². The van der Waals surface area contributed by atoms with E-state index < -0.39 is 11.3 Å². The van der Waals surface area contributed by atoms with Gasteiger partial charge in [0.25, 0.3) is 0 Å². The van der Waals surface area contributed by atoms with E-state index >= 15 is 0 Å². The highest BCUT2D eigenvalue weighted by molar-refractivity contribution is 8.02. The Kier molecular flexibility index (Phi) is 6.68. The molecule has 1 aromatic carbocycles. The van der Waals surface area contributed by atoms with Gasteiger partial charge in [-0.15, -0.1) is 10.2 Å². The quantitative estimate of drug-likeness (QED) is 0.632. The average molecular weight is 406 g/mol. The summed E-state index contributed by atoms with van der Waals surface area (Å²) in [6, 6.07) is 7.73. The minimum absolute atomic E-state index is 0.180. The summed E-state index contributed by atoms with van der Waals surface area (Å²) in [5, 5.41) is 16.9. The number of amides is 3. The summed E-state index contributed by atoms with van der Waals surface area (Å²) in [7, 11) is 0. The number of nitrogens with one attached hydrogen (secondary N) is 3. The van der Waals surface area contributed by atoms with Crippen LogP contribution in [0.1, 0.15) is 38.2 Å². The maximum absolute atomic E-state index is 12.2. The Morgan fingerprint density at radius 1 is 1.26 bits per heavy atom. The van der Waals surface area contributed by atoms with Gasteiger partial charge < -0.3 is 10.6 Å². The molecule has 0 saturated heterocycles. The molecule has 1 aromatic heterocycles. The third-order valence-electron chi connectivity index (χ3n) is 4.25. The number of aromatic nitrogens is 2. The Balaban J connectivity index is 1.48. The van der Waals surface area contributed by atoms with Crippen molar-refractivity contribution < 1.29 is 9.59 Å². The normalized spacial score (nSPS) is 15.3. The second-order valence-electron chi connectivity index (χ2n) is 6.57. The van der Waals surface area contributed by atoms with Crippen molar-refractivity contribution in [2.45, 2.75) is 55.2 Å². The monoisotopic (exact) mass is 405 g/mol. The number of hydrogen-bond donors (Lipinski definition) is 3. The van der Waals surface area contributed by atoms with Gasteiger partial charge in [0.1, 0.15) is 0 Å². The van der Waals surface area contributed by atoms with Crippen molar-refractivity contribution in [3.63, 3.8) is 0 Å². The first-order valence-corrected chi connectivity index (χ1v) is 10.6. The number of benzene rings is 1. The van der Waals surface area contributed by atoms with E-state index in [1.54, 1.807) is 6.92 Å². The summed E-state index contributed by atoms with van der Waals surface area (Å²) in [6.45, 7) is 3.77. The standard InChI is InChI=1S/C18H23N5O2S2/c1-11-6-5-9-14(10-11)20-17-22-23-18(27-17)26-12(2)15(24)21-16(25)19-13-7-3-4-8-13/h5-6,9-10,12-13H,3-4,7-8H2,1-2H3,(H,20,22)(H2,19,21,24,25)/t12-/m0/s1. The molecule has 3 N–H and O–H groups in total. The zero-order valence-corrected chi connectivity index (χ0v) is 17.0. The highest BCUT2D eigenvalue weighted by Crippen LogP contribution is 2.30. The lowest BCUT2D eigenvalue weighted by molar-refractivity contribution is -0.119. The zero-order chi connectivity index (χ0) is 19.2. The van der Waals surface area contributed by atoms with Crippen molar-refractivity contribution >= 4 is 45.9 Å². The Morgan fingerprint density at radius 3 is 2.78 bits per heavy atom. The molecule has 1 atom stereocenters. The van der Waals surface area contributed by atoms with Gasteiger partial charge in [-0.2, -0.15) is 0 Å². The first-order valence-electron chi connectivity index (χ1n) is 8.95. The molecule has 1 fully saturated rings. The molecule has 1 aliphatic rings. The molecule has 1 heterocycles. The lowest BCUT2D eigenvalue weighted by atomic mass is 10.2. The number of carbonyl (C=O) groups excluding carboxylic acids is 2. The molecule has 0 unspecified atom stereocenters. The Labute approximate surface area is 166 Å². The van der Waals surface area contributed by atoms with Crippen LogP contribution in [-0.4, -0.2) is 33.4 Å². The van der Waals surface area contributed by atoms with Crippen LogP contribution < -0.4 is 16.0 Å². The highest BCUT2D eigenvalue weighted by Gasteiger charge is 2.22. The number of thioether (sulfide) groups is 1. The third kappa shape index (κ3) is 5.93. The molecule has 0 bridgehead atoms. The Bertz CT molecular complexity index is 805. The van der Waals surface area contributed by atoms with Gasteiger partial charge in [-0.1, -0.05) is 48.1 Å². The molecular weight excluding hydrogens is 382 g/mol. The fourth-order valence-corrected chi connectivity index (χ4v) is 4.78. The van der Waals surface area contributed by atoms with Crippen LogP contribution in [0.3, 0.4) is 0 Å². The Hall–Kier alpha value is -2.13. The molecule has 144 valence electrons. The number of hydrogen-bond acceptors (Lipinski definition) is 7. The first-order chi connectivity index (χ1) is 13.0. The fourth-order valence-electron chi connectivity index (χ4n) is 2.86. The van der Waals surface area contributed by atoms with E-state index in [4.69, 9.17) is 0 Å². The maximum atomic E-state index is 12.2. The molecule has 7 nitrogen and oxygen atoms in total. The second kappa shape index (κ2) is 9.18. The number of carbonyl (C=O) groups is 2. The average Bonchev–Trinajstić information content (AvgIpc) is 3.27. The molecule has 2 aromatic rings. The number of imide groups is 1. The van der Waals surface area contributed by atoms with Gasteiger partial charge in [0.15, 0.2) is 4.34 Å². The van der Waals surface area contributed by atoms with Gasteiger partial charge in [0.05, 0.1) is 5.25 Å². The van der Waals surface area contributed by atoms with Crippen LogP contribution in [0.5, 0.6) is 0 Å². The summed E-state index contributed by atoms with van der Waals surface area (Å²) < 4.78 is 0.670. The van der Waals surface area contributed by atoms with Crippen LogP contribution in [0.25, 0.3) is 0 Å². The molecular formula is C18H23N5O2S2. The third-order valence-corrected chi connectivity index (χ3v) is 6.27. The molecule has 0 aliphatic heterocycles. The van der Waals surface area contributed by atoms with Crippen LogP contribution in [0.4, 0.5) is 15.6 Å². The van der Waals surface area contributed by atoms with Crippen molar-refractivity contribution in [3.8, 4) is 0 Å². The minimum atomic E-state index is -0.445. The lowest BCUT2D eigenvalue weighted by Crippen LogP contribution is -2.45. The van der Waals surface area contributed by atoms with E-state index in [2.05, 4.69) is 26.1 Å². The smallest absolute Gasteiger partial charge is 0.321 e. The fraction of sp³-hybridized carbons (Fsp3) is 0.444. The van der Waals surface area contributed by atoms with Crippen molar-refractivity contribution in [1.82, 2.24) is 20.8 Å². The van der Waals surface area contributed by atoms with E-state index in [0.717, 1.165) is 36.9 Å². The van der Waals surface area contributed by atoms with Crippen LogP contribution in [0.15, 0.2) is 28.6 Å². The number of rotatable bonds is 6. The molecule has 9 heteroatoms. The number of anilines is 2. The van der Waals surface area contributed by atoms with E-state index in [1.807, 2.05) is 31.2 Å². The van der Waals surface area contributed by atoms with Gasteiger partial charge >= 0.3 is 6.03 Å². The largest absolute Gasteiger partial charge is 0.335 e. The van der Waals surface area contributed by atoms with Crippen LogP contribution in [0.2, 0.25) is 0 Å². The van der Waals surface area contributed by atoms with Gasteiger partial charge in [0.2, 0.25) is 11.0 Å². The maximum Gasteiger partial charge on any atom is 0.321 e. The van der Waals surface area contributed by atoms with Crippen molar-refractivity contribution in [2.24, 2.45) is 0 Å². The molecule has 1 aliphatic carbocycles. The lowest BCUT2D eigenvalue weighted by Gasteiger charge is -2.14. The van der Waals surface area contributed by atoms with Crippen molar-refractivity contribution in [1.29, 1.82) is 0 Å². The number of urea groups is 1. The van der Waals surface area contributed by atoms with Crippen LogP contribution in [0, 0.1) is 6.92 Å². The zero-order valence-electron chi connectivity index (χ0n) is 15.3. The molecule has 3 rings (SSSR count). The van der Waals surface area contributed by atoms with E-state index in [0.29, 0.717) is 9.47 Å². The highest BCUT2D eigenvalue weighted by atomic mass is 32.2. The van der Waals surface area contributed by atoms with E-state index in [1.165, 1.54) is 23.1 Å². The number of nitrogens with zero attached hydrogens (tertiary/aromatic N) is 2. The van der Waals surface area contributed by atoms with Crippen LogP contribution in [-0.2, 0) is 4.79 Å². The minimum Gasteiger partial charge on any atom is -0.335 e. The van der Waals surface area contributed by atoms with Gasteiger partial charge in [0, 0.05) is 11.7 Å². The molecule has 0 radical (unpaired) electrons. The Morgan fingerprint density at radius 2 is 2.04 bits per heavy atom. The van der Waals surface area contributed by atoms with Gasteiger partial charge in [-0.05, 0) is 44.4 Å². The van der Waals surface area contributed by atoms with Gasteiger partial charge in [-0.25, -0.2) is 4.79 Å². The summed E-state index contributed by atoms with van der Waals surface area (Å²) in [5.74, 6) is -0.334. The van der Waals surface area contributed by atoms with Crippen molar-refractivity contribution in [2.75, 3.05) is 5.32 Å². The summed E-state index contributed by atoms with van der Waals surface area (Å²) in [5.41, 5.74) is 2.09. The van der Waals surface area contributed by atoms with E-state index in [9.17, 15) is 9.59 Å². The topological polar surface area (TPSA) is 96.0 Å². The predicted molar refractivity (Wildman–Crippen MR) is 109 cm³/mol. The number of aryl methyl sites for hydroxylation is 1. The summed E-state index contributed by atoms with van der Waals surface area (Å²) in [4.78, 5) is 24.1. The second-order valence-corrected chi connectivity index (χ2v) is 9.14. The molecule has 3 amide bonds.